The summed E-state index contributed by atoms with van der Waals surface area (Å²) in [4.78, 5) is 17.5. The third-order valence-electron chi connectivity index (χ3n) is 7.95. The molecule has 1 saturated heterocycles. The number of hydrogen-bond acceptors (Lipinski definition) is 9. The monoisotopic (exact) mass is 665 g/mol. The van der Waals surface area contributed by atoms with E-state index in [1.165, 1.54) is 18.3 Å². The van der Waals surface area contributed by atoms with Crippen molar-refractivity contribution in [3.8, 4) is 0 Å². The molecule has 0 N–H and O–H groups in total. The molecule has 1 fully saturated rings. The van der Waals surface area contributed by atoms with Crippen LogP contribution in [0.5, 0.6) is 0 Å². The molecule has 248 valence electrons. The fourth-order valence-electron chi connectivity index (χ4n) is 5.74. The number of ether oxygens (including phenoxy) is 6. The molecule has 0 bridgehead atoms. The summed E-state index contributed by atoms with van der Waals surface area (Å²) in [7, 11) is 0. The Balaban J connectivity index is 1.40. The van der Waals surface area contributed by atoms with Crippen molar-refractivity contribution in [3.05, 3.63) is 160 Å². The number of esters is 1. The standard InChI is InChI=1S/C39H39NO7S/c1-29(41)46-39(38-40-22-23-48-38)37(45-27-33-20-12-5-13-21-33)36(44-26-32-18-10-4-11-19-32)35(43-25-31-16-8-3-9-17-31)34(47-39)28-42-24-30-14-6-2-7-15-30/h2-23,34-37H,24-28H2,1H3/t34-,35-,36+,37+,39-/m1/s1. The summed E-state index contributed by atoms with van der Waals surface area (Å²) in [5, 5.41) is 2.25. The molecule has 0 unspecified atom stereocenters. The molecule has 1 aromatic heterocycles. The van der Waals surface area contributed by atoms with E-state index in [9.17, 15) is 4.79 Å². The zero-order valence-corrected chi connectivity index (χ0v) is 27.6. The number of carbonyl (C=O) groups excluding carboxylic acids is 1. The molecule has 2 heterocycles. The molecule has 8 nitrogen and oxygen atoms in total. The van der Waals surface area contributed by atoms with Gasteiger partial charge in [0.05, 0.1) is 33.0 Å². The van der Waals surface area contributed by atoms with E-state index >= 15 is 0 Å². The SMILES string of the molecule is CC(=O)O[C@@]1(c2nccs2)O[C@H](COCc2ccccc2)[C@@H](OCc2ccccc2)[C@H](OCc2ccccc2)[C@@H]1OCc1ccccc1. The van der Waals surface area contributed by atoms with Crippen LogP contribution in [-0.2, 0) is 65.4 Å². The number of thiazole rings is 1. The van der Waals surface area contributed by atoms with Crippen molar-refractivity contribution >= 4 is 17.3 Å². The van der Waals surface area contributed by atoms with E-state index in [0.717, 1.165) is 22.3 Å². The second-order valence-electron chi connectivity index (χ2n) is 11.5. The minimum absolute atomic E-state index is 0.124. The number of benzene rings is 4. The largest absolute Gasteiger partial charge is 0.423 e. The van der Waals surface area contributed by atoms with Crippen LogP contribution in [0, 0.1) is 0 Å². The Labute approximate surface area is 285 Å². The lowest BCUT2D eigenvalue weighted by Gasteiger charge is -2.50. The van der Waals surface area contributed by atoms with Gasteiger partial charge in [0, 0.05) is 18.5 Å². The van der Waals surface area contributed by atoms with Crippen LogP contribution in [0.2, 0.25) is 0 Å². The van der Waals surface area contributed by atoms with Gasteiger partial charge in [0.2, 0.25) is 0 Å². The number of hydrogen-bond donors (Lipinski definition) is 0. The Morgan fingerprint density at radius 2 is 1.17 bits per heavy atom. The molecular weight excluding hydrogens is 626 g/mol. The molecule has 0 aliphatic carbocycles. The summed E-state index contributed by atoms with van der Waals surface area (Å²) < 4.78 is 39.6. The van der Waals surface area contributed by atoms with Crippen LogP contribution < -0.4 is 0 Å². The Hall–Kier alpha value is -4.22. The van der Waals surface area contributed by atoms with Crippen LogP contribution in [0.25, 0.3) is 0 Å². The van der Waals surface area contributed by atoms with E-state index in [0.29, 0.717) is 18.2 Å². The van der Waals surface area contributed by atoms with Crippen LogP contribution >= 0.6 is 11.3 Å². The van der Waals surface area contributed by atoms with Crippen molar-refractivity contribution in [1.29, 1.82) is 0 Å². The summed E-state index contributed by atoms with van der Waals surface area (Å²) in [6.07, 6.45) is -1.52. The second kappa shape index (κ2) is 16.7. The van der Waals surface area contributed by atoms with Crippen molar-refractivity contribution < 1.29 is 33.2 Å². The van der Waals surface area contributed by atoms with Crippen LogP contribution in [0.15, 0.2) is 133 Å². The van der Waals surface area contributed by atoms with Crippen LogP contribution in [0.3, 0.4) is 0 Å². The van der Waals surface area contributed by atoms with Crippen LogP contribution in [-0.4, -0.2) is 42.0 Å². The first-order valence-corrected chi connectivity index (χ1v) is 16.8. The number of nitrogens with zero attached hydrogens (tertiary/aromatic N) is 1. The first kappa shape index (κ1) is 33.7. The summed E-state index contributed by atoms with van der Waals surface area (Å²) in [6, 6.07) is 39.5. The lowest BCUT2D eigenvalue weighted by molar-refractivity contribution is -0.379. The molecule has 0 saturated carbocycles. The van der Waals surface area contributed by atoms with Crippen molar-refractivity contribution in [2.24, 2.45) is 0 Å². The molecule has 5 atom stereocenters. The summed E-state index contributed by atoms with van der Waals surface area (Å²) in [5.41, 5.74) is 3.91. The molecule has 0 amide bonds. The quantitative estimate of drug-likeness (QED) is 0.108. The molecule has 1 aliphatic rings. The van der Waals surface area contributed by atoms with Crippen molar-refractivity contribution in [3.63, 3.8) is 0 Å². The minimum Gasteiger partial charge on any atom is -0.423 e. The maximum absolute atomic E-state index is 12.9. The van der Waals surface area contributed by atoms with E-state index in [2.05, 4.69) is 4.98 Å². The fourth-order valence-corrected chi connectivity index (χ4v) is 6.49. The third-order valence-corrected chi connectivity index (χ3v) is 8.82. The summed E-state index contributed by atoms with van der Waals surface area (Å²) >= 11 is 1.32. The van der Waals surface area contributed by atoms with Gasteiger partial charge in [-0.25, -0.2) is 4.98 Å². The summed E-state index contributed by atoms with van der Waals surface area (Å²) in [5.74, 6) is -2.29. The lowest BCUT2D eigenvalue weighted by Crippen LogP contribution is -2.66. The van der Waals surface area contributed by atoms with Crippen LogP contribution in [0.1, 0.15) is 34.2 Å². The fraction of sp³-hybridized carbons (Fsp3) is 0.282. The number of carbonyl (C=O) groups is 1. The first-order chi connectivity index (χ1) is 23.6. The van der Waals surface area contributed by atoms with Gasteiger partial charge >= 0.3 is 5.97 Å². The van der Waals surface area contributed by atoms with Gasteiger partial charge in [-0.2, -0.15) is 0 Å². The van der Waals surface area contributed by atoms with Crippen LogP contribution in [0.4, 0.5) is 0 Å². The molecule has 4 aromatic carbocycles. The molecule has 9 heteroatoms. The van der Waals surface area contributed by atoms with Crippen molar-refractivity contribution in [1.82, 2.24) is 4.98 Å². The van der Waals surface area contributed by atoms with E-state index < -0.39 is 36.2 Å². The van der Waals surface area contributed by atoms with Gasteiger partial charge in [0.15, 0.2) is 11.1 Å². The predicted molar refractivity (Wildman–Crippen MR) is 182 cm³/mol. The van der Waals surface area contributed by atoms with Gasteiger partial charge in [-0.05, 0) is 22.3 Å². The first-order valence-electron chi connectivity index (χ1n) is 16.0. The Morgan fingerprint density at radius 3 is 1.65 bits per heavy atom. The van der Waals surface area contributed by atoms with E-state index in [1.807, 2.05) is 127 Å². The number of rotatable bonds is 15. The zero-order valence-electron chi connectivity index (χ0n) is 26.8. The lowest BCUT2D eigenvalue weighted by atomic mass is 9.91. The van der Waals surface area contributed by atoms with Gasteiger partial charge in [-0.3, -0.25) is 4.79 Å². The maximum atomic E-state index is 12.9. The highest BCUT2D eigenvalue weighted by molar-refractivity contribution is 7.09. The summed E-state index contributed by atoms with van der Waals surface area (Å²) in [6.45, 7) is 2.58. The van der Waals surface area contributed by atoms with E-state index in [4.69, 9.17) is 28.4 Å². The maximum Gasteiger partial charge on any atom is 0.305 e. The Morgan fingerprint density at radius 1 is 0.688 bits per heavy atom. The highest BCUT2D eigenvalue weighted by Gasteiger charge is 2.61. The van der Waals surface area contributed by atoms with E-state index in [-0.39, 0.29) is 19.8 Å². The van der Waals surface area contributed by atoms with Crippen molar-refractivity contribution in [2.45, 2.75) is 63.6 Å². The topological polar surface area (TPSA) is 85.3 Å². The molecule has 5 aromatic rings. The average Bonchev–Trinajstić information content (AvgIpc) is 3.68. The molecule has 6 rings (SSSR count). The predicted octanol–water partition coefficient (Wildman–Crippen LogP) is 7.23. The normalized spacial score (nSPS) is 22.3. The number of aromatic nitrogens is 1. The Kier molecular flexibility index (Phi) is 11.7. The van der Waals surface area contributed by atoms with Gasteiger partial charge in [0.1, 0.15) is 18.3 Å². The third kappa shape index (κ3) is 8.62. The van der Waals surface area contributed by atoms with E-state index in [1.54, 1.807) is 6.20 Å². The smallest absolute Gasteiger partial charge is 0.305 e. The average molecular weight is 666 g/mol. The van der Waals surface area contributed by atoms with Crippen molar-refractivity contribution in [2.75, 3.05) is 6.61 Å². The zero-order chi connectivity index (χ0) is 33.0. The van der Waals surface area contributed by atoms with Gasteiger partial charge in [-0.1, -0.05) is 121 Å². The molecule has 1 aliphatic heterocycles. The van der Waals surface area contributed by atoms with Gasteiger partial charge < -0.3 is 28.4 Å². The highest BCUT2D eigenvalue weighted by Crippen LogP contribution is 2.45. The molecule has 0 radical (unpaired) electrons. The second-order valence-corrected chi connectivity index (χ2v) is 12.4. The highest BCUT2D eigenvalue weighted by atomic mass is 32.1. The van der Waals surface area contributed by atoms with Gasteiger partial charge in [0.25, 0.3) is 5.79 Å². The Bertz CT molecular complexity index is 1660. The minimum atomic E-state index is -1.75. The molecule has 0 spiro atoms. The molecule has 48 heavy (non-hydrogen) atoms. The molecular formula is C39H39NO7S. The van der Waals surface area contributed by atoms with Gasteiger partial charge in [-0.15, -0.1) is 11.3 Å².